The first-order valence-electron chi connectivity index (χ1n) is 9.02. The number of rotatable bonds is 5. The first-order valence-corrected chi connectivity index (χ1v) is 11.0. The van der Waals surface area contributed by atoms with Crippen molar-refractivity contribution in [2.45, 2.75) is 54.8 Å². The summed E-state index contributed by atoms with van der Waals surface area (Å²) in [5.41, 5.74) is -4.11. The Hall–Kier alpha value is -1.90. The van der Waals surface area contributed by atoms with Crippen molar-refractivity contribution in [3.8, 4) is 0 Å². The van der Waals surface area contributed by atoms with Crippen molar-refractivity contribution in [3.05, 3.63) is 28.5 Å². The van der Waals surface area contributed by atoms with Gasteiger partial charge < -0.3 is 4.84 Å². The Balaban J connectivity index is 1.90. The summed E-state index contributed by atoms with van der Waals surface area (Å²) in [5.74, 6) is -1.98. The van der Waals surface area contributed by atoms with E-state index < -0.39 is 46.6 Å². The molecule has 3 heterocycles. The van der Waals surface area contributed by atoms with Crippen LogP contribution >= 0.6 is 23.5 Å². The largest absolute Gasteiger partial charge is 0.435 e. The van der Waals surface area contributed by atoms with E-state index in [0.717, 1.165) is 23.5 Å². The fourth-order valence-corrected chi connectivity index (χ4v) is 5.29. The van der Waals surface area contributed by atoms with Crippen LogP contribution in [0.5, 0.6) is 0 Å². The number of aryl methyl sites for hydroxylation is 2. The van der Waals surface area contributed by atoms with Gasteiger partial charge in [-0.3, -0.25) is 4.68 Å². The summed E-state index contributed by atoms with van der Waals surface area (Å²) in [6.07, 6.45) is -9.29. The molecule has 0 fully saturated rings. The minimum atomic E-state index is -4.91. The molecule has 0 aliphatic carbocycles. The Kier molecular flexibility index (Phi) is 6.54. The predicted octanol–water partition coefficient (Wildman–Crippen LogP) is 5.37. The van der Waals surface area contributed by atoms with Crippen LogP contribution in [0.1, 0.15) is 42.8 Å². The third-order valence-electron chi connectivity index (χ3n) is 4.40. The lowest BCUT2D eigenvalue weighted by atomic mass is 10.1. The molecule has 0 amide bonds. The van der Waals surface area contributed by atoms with Gasteiger partial charge in [-0.05, 0) is 13.8 Å². The van der Waals surface area contributed by atoms with Gasteiger partial charge in [-0.25, -0.2) is 4.68 Å². The van der Waals surface area contributed by atoms with Crippen molar-refractivity contribution in [1.82, 2.24) is 19.6 Å². The number of oxime groups is 1. The van der Waals surface area contributed by atoms with E-state index >= 15 is 0 Å². The monoisotopic (exact) mass is 505 g/mol. The molecular formula is C17H18F7N5OS2. The maximum atomic E-state index is 14.2. The van der Waals surface area contributed by atoms with Crippen LogP contribution in [0.25, 0.3) is 0 Å². The highest BCUT2D eigenvalue weighted by Gasteiger charge is 2.41. The average Bonchev–Trinajstić information content (AvgIpc) is 3.25. The van der Waals surface area contributed by atoms with Gasteiger partial charge in [-0.1, -0.05) is 5.16 Å². The zero-order valence-corrected chi connectivity index (χ0v) is 18.9. The molecule has 1 aliphatic rings. The summed E-state index contributed by atoms with van der Waals surface area (Å²) in [5, 5.41) is 11.0. The highest BCUT2D eigenvalue weighted by atomic mass is 32.2. The van der Waals surface area contributed by atoms with E-state index in [-0.39, 0.29) is 16.3 Å². The van der Waals surface area contributed by atoms with Gasteiger partial charge in [0.2, 0.25) is 5.95 Å². The molecule has 0 radical (unpaired) electrons. The van der Waals surface area contributed by atoms with Gasteiger partial charge in [-0.2, -0.15) is 40.9 Å². The normalized spacial score (nSPS) is 16.4. The van der Waals surface area contributed by atoms with Crippen LogP contribution in [0.15, 0.2) is 10.2 Å². The highest BCUT2D eigenvalue weighted by molar-refractivity contribution is 8.13. The van der Waals surface area contributed by atoms with Crippen LogP contribution in [-0.2, 0) is 42.8 Å². The van der Waals surface area contributed by atoms with Crippen molar-refractivity contribution in [2.75, 3.05) is 0 Å². The van der Waals surface area contributed by atoms with E-state index in [9.17, 15) is 30.7 Å². The molecule has 0 N–H and O–H groups in total. The van der Waals surface area contributed by atoms with E-state index in [1.54, 1.807) is 13.8 Å². The third-order valence-corrected chi connectivity index (χ3v) is 6.60. The summed E-state index contributed by atoms with van der Waals surface area (Å²) in [6, 6.07) is 0. The van der Waals surface area contributed by atoms with Gasteiger partial charge in [0.05, 0.1) is 5.03 Å². The second-order valence-corrected chi connectivity index (χ2v) is 9.60. The number of alkyl halides is 6. The smallest absolute Gasteiger partial charge is 0.389 e. The highest BCUT2D eigenvalue weighted by Crippen LogP contribution is 2.41. The summed E-state index contributed by atoms with van der Waals surface area (Å²) >= 11 is 1.65. The molecule has 0 saturated heterocycles. The van der Waals surface area contributed by atoms with Gasteiger partial charge in [-0.15, -0.1) is 23.5 Å². The zero-order chi connectivity index (χ0) is 24.1. The molecule has 6 nitrogen and oxygen atoms in total. The van der Waals surface area contributed by atoms with Crippen LogP contribution in [0.2, 0.25) is 0 Å². The maximum absolute atomic E-state index is 14.2. The molecular weight excluding hydrogens is 487 g/mol. The third kappa shape index (κ3) is 5.18. The number of hydrogen-bond donors (Lipinski definition) is 0. The topological polar surface area (TPSA) is 57.2 Å². The van der Waals surface area contributed by atoms with Crippen LogP contribution in [0.4, 0.5) is 30.7 Å². The quantitative estimate of drug-likeness (QED) is 0.404. The molecule has 0 spiro atoms. The molecule has 32 heavy (non-hydrogen) atoms. The fraction of sp³-hybridized carbons (Fsp3) is 0.588. The van der Waals surface area contributed by atoms with Gasteiger partial charge in [0.1, 0.15) is 10.6 Å². The summed E-state index contributed by atoms with van der Waals surface area (Å²) in [6.45, 7) is 3.55. The lowest BCUT2D eigenvalue weighted by molar-refractivity contribution is -0.142. The van der Waals surface area contributed by atoms with E-state index in [4.69, 9.17) is 4.84 Å². The minimum Gasteiger partial charge on any atom is -0.389 e. The van der Waals surface area contributed by atoms with Gasteiger partial charge in [0, 0.05) is 43.1 Å². The molecule has 0 unspecified atom stereocenters. The van der Waals surface area contributed by atoms with Crippen LogP contribution in [0, 0.1) is 5.95 Å². The Morgan fingerprint density at radius 3 is 1.97 bits per heavy atom. The maximum Gasteiger partial charge on any atom is 0.435 e. The van der Waals surface area contributed by atoms with Gasteiger partial charge in [0.25, 0.3) is 0 Å². The molecule has 0 saturated carbocycles. The minimum absolute atomic E-state index is 0.0278. The Bertz CT molecular complexity index is 1040. The predicted molar refractivity (Wildman–Crippen MR) is 104 cm³/mol. The molecule has 0 aromatic carbocycles. The molecule has 0 atom stereocenters. The number of hydrogen-bond acceptors (Lipinski definition) is 6. The van der Waals surface area contributed by atoms with Crippen molar-refractivity contribution in [2.24, 2.45) is 19.3 Å². The number of aromatic nitrogens is 4. The number of nitrogens with zero attached hydrogens (tertiary/aromatic N) is 5. The Morgan fingerprint density at radius 2 is 1.44 bits per heavy atom. The van der Waals surface area contributed by atoms with E-state index in [1.807, 2.05) is 0 Å². The number of thioether (sulfide) groups is 2. The second-order valence-electron chi connectivity index (χ2n) is 7.58. The van der Waals surface area contributed by atoms with Crippen LogP contribution in [0.3, 0.4) is 0 Å². The lowest BCUT2D eigenvalue weighted by Crippen LogP contribution is -2.18. The second kappa shape index (κ2) is 8.47. The first kappa shape index (κ1) is 24.7. The summed E-state index contributed by atoms with van der Waals surface area (Å²) in [4.78, 5) is 5.20. The molecule has 1 aliphatic heterocycles. The molecule has 3 rings (SSSR count). The summed E-state index contributed by atoms with van der Waals surface area (Å²) in [7, 11) is 2.26. The van der Waals surface area contributed by atoms with Gasteiger partial charge in [0.15, 0.2) is 11.4 Å². The van der Waals surface area contributed by atoms with E-state index in [1.165, 1.54) is 7.05 Å². The lowest BCUT2D eigenvalue weighted by Gasteiger charge is -2.13. The van der Waals surface area contributed by atoms with Crippen molar-refractivity contribution in [1.29, 1.82) is 0 Å². The zero-order valence-electron chi connectivity index (χ0n) is 17.2. The SMILES string of the molecule is Cn1nc(C(F)(F)F)c(CSc2c(CSC3=NOC(C)(C)C3)c(C(F)(F)F)nn2C)c1F. The Labute approximate surface area is 186 Å². The molecule has 0 bridgehead atoms. The van der Waals surface area contributed by atoms with Gasteiger partial charge >= 0.3 is 12.4 Å². The molecule has 2 aromatic heterocycles. The van der Waals surface area contributed by atoms with Crippen LogP contribution in [-0.4, -0.2) is 30.2 Å². The standard InChI is InChI=1S/C17H18F7N5OS2/c1-15(2)5-10(27-30-15)31-7-9-12(17(22,23)24)26-29(4)14(9)32-6-8-11(16(19,20)21)25-28(3)13(8)18/h5-7H2,1-4H3. The molecule has 178 valence electrons. The molecule has 2 aromatic rings. The number of halogens is 7. The van der Waals surface area contributed by atoms with Crippen LogP contribution < -0.4 is 0 Å². The van der Waals surface area contributed by atoms with E-state index in [0.29, 0.717) is 27.9 Å². The average molecular weight is 505 g/mol. The van der Waals surface area contributed by atoms with Crippen molar-refractivity contribution < 1.29 is 35.6 Å². The first-order chi connectivity index (χ1) is 14.6. The Morgan fingerprint density at radius 1 is 0.906 bits per heavy atom. The van der Waals surface area contributed by atoms with Crippen molar-refractivity contribution >= 4 is 28.6 Å². The molecule has 15 heteroatoms. The fourth-order valence-electron chi connectivity index (χ4n) is 2.97. The van der Waals surface area contributed by atoms with E-state index in [2.05, 4.69) is 15.4 Å². The summed E-state index contributed by atoms with van der Waals surface area (Å²) < 4.78 is 95.8. The van der Waals surface area contributed by atoms with Crippen molar-refractivity contribution in [3.63, 3.8) is 0 Å².